The van der Waals surface area contributed by atoms with E-state index in [9.17, 15) is 14.4 Å². The molecule has 1 saturated heterocycles. The third-order valence-electron chi connectivity index (χ3n) is 6.35. The van der Waals surface area contributed by atoms with Crippen LogP contribution in [0.3, 0.4) is 0 Å². The first-order valence-electron chi connectivity index (χ1n) is 9.60. The second-order valence-electron chi connectivity index (χ2n) is 7.91. The van der Waals surface area contributed by atoms with Crippen molar-refractivity contribution in [2.45, 2.75) is 16.1 Å². The van der Waals surface area contributed by atoms with Crippen LogP contribution in [0, 0.1) is 23.7 Å². The Hall–Kier alpha value is -1.70. The topological polar surface area (TPSA) is 63.7 Å². The van der Waals surface area contributed by atoms with Crippen LogP contribution in [0.2, 0.25) is 5.02 Å². The Morgan fingerprint density at radius 3 is 2.17 bits per heavy atom. The Bertz CT molecular complexity index is 1030. The molecule has 8 heteroatoms. The number of rotatable bonds is 3. The van der Waals surface area contributed by atoms with E-state index >= 15 is 0 Å². The van der Waals surface area contributed by atoms with Crippen molar-refractivity contribution >= 4 is 66.9 Å². The SMILES string of the molecule is O=C(Oc1cccc(N2C(=O)C3C4CC(C(Br)C4Br)C3C2=O)c1)c1ccc(Cl)cc1. The molecule has 0 N–H and O–H groups in total. The first-order valence-corrected chi connectivity index (χ1v) is 11.8. The van der Waals surface area contributed by atoms with Gasteiger partial charge in [0, 0.05) is 20.7 Å². The second kappa shape index (κ2) is 7.46. The van der Waals surface area contributed by atoms with Gasteiger partial charge in [-0.3, -0.25) is 9.59 Å². The highest BCUT2D eigenvalue weighted by molar-refractivity contribution is 9.12. The monoisotopic (exact) mass is 551 g/mol. The molecule has 3 fully saturated rings. The minimum absolute atomic E-state index is 0.150. The molecule has 2 aromatic rings. The zero-order chi connectivity index (χ0) is 21.2. The number of esters is 1. The molecule has 1 aliphatic heterocycles. The van der Waals surface area contributed by atoms with Crippen LogP contribution in [0.15, 0.2) is 48.5 Å². The van der Waals surface area contributed by atoms with Gasteiger partial charge in [-0.2, -0.15) is 0 Å². The maximum Gasteiger partial charge on any atom is 0.343 e. The van der Waals surface area contributed by atoms with E-state index in [1.165, 1.54) is 4.90 Å². The van der Waals surface area contributed by atoms with E-state index in [-0.39, 0.29) is 50.9 Å². The summed E-state index contributed by atoms with van der Waals surface area (Å²) in [5.41, 5.74) is 0.786. The summed E-state index contributed by atoms with van der Waals surface area (Å²) in [6.45, 7) is 0. The van der Waals surface area contributed by atoms with Crippen LogP contribution in [0.25, 0.3) is 0 Å². The molecule has 5 nitrogen and oxygen atoms in total. The first kappa shape index (κ1) is 20.2. The van der Waals surface area contributed by atoms with E-state index in [4.69, 9.17) is 16.3 Å². The number of fused-ring (bicyclic) bond motifs is 5. The van der Waals surface area contributed by atoms with E-state index in [1.807, 2.05) is 0 Å². The number of imide groups is 1. The summed E-state index contributed by atoms with van der Waals surface area (Å²) in [6.07, 6.45) is 0.880. The third kappa shape index (κ3) is 3.05. The summed E-state index contributed by atoms with van der Waals surface area (Å²) in [5, 5.41) is 0.524. The molecule has 154 valence electrons. The quantitative estimate of drug-likeness (QED) is 0.236. The number of hydrogen-bond acceptors (Lipinski definition) is 4. The highest BCUT2D eigenvalue weighted by atomic mass is 79.9. The van der Waals surface area contributed by atoms with Crippen LogP contribution < -0.4 is 9.64 Å². The van der Waals surface area contributed by atoms with Crippen molar-refractivity contribution in [1.82, 2.24) is 0 Å². The van der Waals surface area contributed by atoms with Crippen LogP contribution in [0.1, 0.15) is 16.8 Å². The molecule has 0 radical (unpaired) electrons. The molecular weight excluding hydrogens is 538 g/mol. The average molecular weight is 554 g/mol. The van der Waals surface area contributed by atoms with Gasteiger partial charge in [-0.1, -0.05) is 49.5 Å². The standard InChI is InChI=1S/C22H16Br2ClNO4/c23-18-14-9-15(19(18)24)17-16(14)20(27)26(21(17)28)12-2-1-3-13(8-12)30-22(29)10-4-6-11(25)7-5-10/h1-8,14-19H,9H2. The number of hydrogen-bond donors (Lipinski definition) is 0. The molecule has 30 heavy (non-hydrogen) atoms. The van der Waals surface area contributed by atoms with Crippen molar-refractivity contribution in [2.75, 3.05) is 4.90 Å². The second-order valence-corrected chi connectivity index (χ2v) is 10.5. The summed E-state index contributed by atoms with van der Waals surface area (Å²) in [6, 6.07) is 12.9. The minimum atomic E-state index is -0.540. The fourth-order valence-electron chi connectivity index (χ4n) is 5.04. The number of nitrogens with zero attached hydrogens (tertiary/aromatic N) is 1. The van der Waals surface area contributed by atoms with Crippen LogP contribution in [0.5, 0.6) is 5.75 Å². The average Bonchev–Trinajstić information content (AvgIpc) is 3.33. The van der Waals surface area contributed by atoms with Crippen molar-refractivity contribution < 1.29 is 19.1 Å². The number of alkyl halides is 2. The Morgan fingerprint density at radius 1 is 0.967 bits per heavy atom. The van der Waals surface area contributed by atoms with E-state index in [0.29, 0.717) is 16.3 Å². The van der Waals surface area contributed by atoms with Gasteiger partial charge in [0.15, 0.2) is 0 Å². The van der Waals surface area contributed by atoms with Crippen molar-refractivity contribution in [1.29, 1.82) is 0 Å². The zero-order valence-corrected chi connectivity index (χ0v) is 19.4. The lowest BCUT2D eigenvalue weighted by Crippen LogP contribution is -2.37. The van der Waals surface area contributed by atoms with Crippen LogP contribution in [0.4, 0.5) is 5.69 Å². The molecule has 0 aromatic heterocycles. The van der Waals surface area contributed by atoms with Gasteiger partial charge < -0.3 is 4.74 Å². The summed E-state index contributed by atoms with van der Waals surface area (Å²) in [7, 11) is 0. The van der Waals surface area contributed by atoms with Gasteiger partial charge in [-0.05, 0) is 54.7 Å². The van der Waals surface area contributed by atoms with Crippen molar-refractivity contribution in [3.05, 3.63) is 59.1 Å². The highest BCUT2D eigenvalue weighted by Gasteiger charge is 2.66. The van der Waals surface area contributed by atoms with Crippen LogP contribution >= 0.6 is 43.5 Å². The van der Waals surface area contributed by atoms with E-state index in [0.717, 1.165) is 6.42 Å². The number of amides is 2. The lowest BCUT2D eigenvalue weighted by molar-refractivity contribution is -0.123. The van der Waals surface area contributed by atoms with Gasteiger partial charge in [-0.25, -0.2) is 9.69 Å². The van der Waals surface area contributed by atoms with Gasteiger partial charge in [0.2, 0.25) is 11.8 Å². The Kier molecular flexibility index (Phi) is 5.03. The molecule has 2 aliphatic carbocycles. The maximum absolute atomic E-state index is 13.2. The molecule has 2 aromatic carbocycles. The molecule has 5 rings (SSSR count). The van der Waals surface area contributed by atoms with Gasteiger partial charge in [0.25, 0.3) is 0 Å². The molecule has 1 heterocycles. The molecule has 2 amide bonds. The maximum atomic E-state index is 13.2. The first-order chi connectivity index (χ1) is 14.4. The summed E-state index contributed by atoms with van der Waals surface area (Å²) < 4.78 is 5.45. The number of halogens is 3. The molecule has 2 bridgehead atoms. The number of carbonyl (C=O) groups is 3. The molecule has 2 saturated carbocycles. The minimum Gasteiger partial charge on any atom is -0.423 e. The van der Waals surface area contributed by atoms with Crippen LogP contribution in [-0.2, 0) is 9.59 Å². The zero-order valence-electron chi connectivity index (χ0n) is 15.5. The van der Waals surface area contributed by atoms with E-state index < -0.39 is 5.97 Å². The van der Waals surface area contributed by atoms with E-state index in [1.54, 1.807) is 48.5 Å². The molecular formula is C22H16Br2ClNO4. The smallest absolute Gasteiger partial charge is 0.343 e. The largest absolute Gasteiger partial charge is 0.423 e. The van der Waals surface area contributed by atoms with Crippen molar-refractivity contribution in [2.24, 2.45) is 23.7 Å². The Morgan fingerprint density at radius 2 is 1.57 bits per heavy atom. The molecule has 6 atom stereocenters. The molecule has 3 aliphatic rings. The highest BCUT2D eigenvalue weighted by Crippen LogP contribution is 2.60. The Labute approximate surface area is 195 Å². The van der Waals surface area contributed by atoms with Crippen molar-refractivity contribution in [3.63, 3.8) is 0 Å². The normalized spacial score (nSPS) is 31.9. The molecule has 0 spiro atoms. The summed E-state index contributed by atoms with van der Waals surface area (Å²) in [5.74, 6) is -0.882. The Balaban J connectivity index is 1.39. The number of carbonyl (C=O) groups excluding carboxylic acids is 3. The fraction of sp³-hybridized carbons (Fsp3) is 0.318. The van der Waals surface area contributed by atoms with Gasteiger partial charge in [0.1, 0.15) is 5.75 Å². The molecule has 6 unspecified atom stereocenters. The van der Waals surface area contributed by atoms with E-state index in [2.05, 4.69) is 31.9 Å². The van der Waals surface area contributed by atoms with Gasteiger partial charge in [-0.15, -0.1) is 0 Å². The predicted octanol–water partition coefficient (Wildman–Crippen LogP) is 4.84. The lowest BCUT2D eigenvalue weighted by atomic mass is 9.81. The van der Waals surface area contributed by atoms with Crippen molar-refractivity contribution in [3.8, 4) is 5.75 Å². The fourth-order valence-corrected chi connectivity index (χ4v) is 7.04. The number of ether oxygens (including phenoxy) is 1. The summed E-state index contributed by atoms with van der Waals surface area (Å²) >= 11 is 13.2. The van der Waals surface area contributed by atoms with Gasteiger partial charge >= 0.3 is 5.97 Å². The predicted molar refractivity (Wildman–Crippen MR) is 119 cm³/mol. The number of benzene rings is 2. The summed E-state index contributed by atoms with van der Waals surface area (Å²) in [4.78, 5) is 40.4. The third-order valence-corrected chi connectivity index (χ3v) is 9.81. The lowest BCUT2D eigenvalue weighted by Gasteiger charge is -2.28. The van der Waals surface area contributed by atoms with Gasteiger partial charge in [0.05, 0.1) is 23.1 Å². The number of anilines is 1. The van der Waals surface area contributed by atoms with Crippen LogP contribution in [-0.4, -0.2) is 27.4 Å².